The fourth-order valence-electron chi connectivity index (χ4n) is 2.51. The Bertz CT molecular complexity index is 668. The van der Waals surface area contributed by atoms with Gasteiger partial charge in [-0.15, -0.1) is 0 Å². The third-order valence-corrected chi connectivity index (χ3v) is 5.84. The third-order valence-electron chi connectivity index (χ3n) is 3.97. The summed E-state index contributed by atoms with van der Waals surface area (Å²) < 4.78 is 32.6. The van der Waals surface area contributed by atoms with Gasteiger partial charge in [-0.25, -0.2) is 8.42 Å². The largest absolute Gasteiger partial charge is 0.480 e. The molecule has 0 amide bonds. The number of benzene rings is 1. The molecule has 0 unspecified atom stereocenters. The Morgan fingerprint density at radius 3 is 2.70 bits per heavy atom. The Labute approximate surface area is 135 Å². The van der Waals surface area contributed by atoms with Crippen molar-refractivity contribution in [3.63, 3.8) is 0 Å². The predicted molar refractivity (Wildman–Crippen MR) is 86.9 cm³/mol. The van der Waals surface area contributed by atoms with Crippen LogP contribution in [0, 0.1) is 6.92 Å². The first-order chi connectivity index (χ1) is 10.8. The molecule has 4 N–H and O–H groups in total. The Balaban J connectivity index is 2.15. The van der Waals surface area contributed by atoms with Crippen molar-refractivity contribution in [2.45, 2.75) is 37.5 Å². The van der Waals surface area contributed by atoms with Gasteiger partial charge in [0.2, 0.25) is 10.0 Å². The molecule has 1 aromatic rings. The molecule has 0 bridgehead atoms. The molecule has 0 aliphatic carbocycles. The van der Waals surface area contributed by atoms with Crippen LogP contribution in [-0.2, 0) is 26.0 Å². The van der Waals surface area contributed by atoms with Crippen LogP contribution in [-0.4, -0.2) is 44.0 Å². The topological polar surface area (TPSA) is 119 Å². The van der Waals surface area contributed by atoms with E-state index in [-0.39, 0.29) is 6.42 Å². The van der Waals surface area contributed by atoms with E-state index in [0.717, 1.165) is 5.56 Å². The molecule has 1 aliphatic heterocycles. The number of hydrogen-bond acceptors (Lipinski definition) is 5. The van der Waals surface area contributed by atoms with Crippen molar-refractivity contribution < 1.29 is 23.1 Å². The first-order valence-electron chi connectivity index (χ1n) is 7.47. The number of carboxylic acids is 1. The minimum Gasteiger partial charge on any atom is -0.480 e. The lowest BCUT2D eigenvalue weighted by Crippen LogP contribution is -2.33. The number of aryl methyl sites for hydroxylation is 1. The van der Waals surface area contributed by atoms with E-state index in [4.69, 9.17) is 15.6 Å². The molecule has 0 radical (unpaired) electrons. The number of hydrogen-bond donors (Lipinski definition) is 3. The lowest BCUT2D eigenvalue weighted by atomic mass is 10.0. The van der Waals surface area contributed by atoms with Crippen molar-refractivity contribution in [1.29, 1.82) is 0 Å². The highest BCUT2D eigenvalue weighted by atomic mass is 32.2. The van der Waals surface area contributed by atoms with Crippen LogP contribution in [0.25, 0.3) is 0 Å². The monoisotopic (exact) mass is 342 g/mol. The van der Waals surface area contributed by atoms with Crippen molar-refractivity contribution in [2.75, 3.05) is 17.9 Å². The highest BCUT2D eigenvalue weighted by Crippen LogP contribution is 2.22. The first-order valence-corrected chi connectivity index (χ1v) is 9.01. The quantitative estimate of drug-likeness (QED) is 0.706. The van der Waals surface area contributed by atoms with E-state index in [0.29, 0.717) is 37.3 Å². The zero-order chi connectivity index (χ0) is 17.0. The molecule has 23 heavy (non-hydrogen) atoms. The van der Waals surface area contributed by atoms with Crippen molar-refractivity contribution in [3.05, 3.63) is 29.3 Å². The van der Waals surface area contributed by atoms with E-state index in [1.54, 1.807) is 18.2 Å². The average molecular weight is 342 g/mol. The molecule has 2 rings (SSSR count). The van der Waals surface area contributed by atoms with Gasteiger partial charge in [-0.05, 0) is 49.4 Å². The highest BCUT2D eigenvalue weighted by Gasteiger charge is 2.27. The second-order valence-electron chi connectivity index (χ2n) is 5.75. The predicted octanol–water partition coefficient (Wildman–Crippen LogP) is 0.870. The van der Waals surface area contributed by atoms with Gasteiger partial charge in [0, 0.05) is 18.9 Å². The number of carbonyl (C=O) groups is 1. The van der Waals surface area contributed by atoms with Gasteiger partial charge in [0.25, 0.3) is 0 Å². The van der Waals surface area contributed by atoms with Crippen LogP contribution in [0.15, 0.2) is 18.2 Å². The van der Waals surface area contributed by atoms with Gasteiger partial charge in [0.05, 0.1) is 5.25 Å². The molecule has 0 spiro atoms. The van der Waals surface area contributed by atoms with E-state index < -0.39 is 27.3 Å². The minimum absolute atomic E-state index is 0.147. The Kier molecular flexibility index (Phi) is 5.61. The minimum atomic E-state index is -3.49. The summed E-state index contributed by atoms with van der Waals surface area (Å²) >= 11 is 0. The number of carboxylic acid groups (broad SMARTS) is 1. The van der Waals surface area contributed by atoms with E-state index in [9.17, 15) is 13.2 Å². The molecule has 8 heteroatoms. The molecule has 0 saturated carbocycles. The van der Waals surface area contributed by atoms with Crippen LogP contribution >= 0.6 is 0 Å². The van der Waals surface area contributed by atoms with Gasteiger partial charge in [-0.3, -0.25) is 9.52 Å². The SMILES string of the molecule is Cc1ccc(NS(=O)(=O)C2CCOCC2)cc1C[C@H](N)C(=O)O. The molecular formula is C15H22N2O5S. The Morgan fingerprint density at radius 2 is 2.09 bits per heavy atom. The molecular weight excluding hydrogens is 320 g/mol. The lowest BCUT2D eigenvalue weighted by Gasteiger charge is -2.23. The molecule has 1 fully saturated rings. The summed E-state index contributed by atoms with van der Waals surface area (Å²) in [5.74, 6) is -1.09. The summed E-state index contributed by atoms with van der Waals surface area (Å²) in [4.78, 5) is 10.9. The number of aliphatic carboxylic acids is 1. The number of anilines is 1. The van der Waals surface area contributed by atoms with Crippen molar-refractivity contribution in [1.82, 2.24) is 0 Å². The van der Waals surface area contributed by atoms with E-state index in [1.165, 1.54) is 0 Å². The highest BCUT2D eigenvalue weighted by molar-refractivity contribution is 7.93. The molecule has 1 aliphatic rings. The van der Waals surface area contributed by atoms with Crippen LogP contribution in [0.2, 0.25) is 0 Å². The zero-order valence-electron chi connectivity index (χ0n) is 13.0. The maximum atomic E-state index is 12.4. The van der Waals surface area contributed by atoms with Crippen LogP contribution in [0.4, 0.5) is 5.69 Å². The van der Waals surface area contributed by atoms with Gasteiger partial charge in [-0.2, -0.15) is 0 Å². The van der Waals surface area contributed by atoms with Crippen LogP contribution in [0.1, 0.15) is 24.0 Å². The van der Waals surface area contributed by atoms with Crippen LogP contribution < -0.4 is 10.5 Å². The molecule has 0 aromatic heterocycles. The van der Waals surface area contributed by atoms with Crippen molar-refractivity contribution in [3.8, 4) is 0 Å². The summed E-state index contributed by atoms with van der Waals surface area (Å²) in [6.45, 7) is 2.72. The molecule has 1 heterocycles. The molecule has 128 valence electrons. The van der Waals surface area contributed by atoms with Crippen molar-refractivity contribution in [2.24, 2.45) is 5.73 Å². The summed E-state index contributed by atoms with van der Waals surface area (Å²) in [6, 6.07) is 4.05. The number of sulfonamides is 1. The second-order valence-corrected chi connectivity index (χ2v) is 7.71. The van der Waals surface area contributed by atoms with E-state index in [1.807, 2.05) is 6.92 Å². The maximum absolute atomic E-state index is 12.4. The molecule has 7 nitrogen and oxygen atoms in total. The number of ether oxygens (including phenoxy) is 1. The van der Waals surface area contributed by atoms with Gasteiger partial charge in [-0.1, -0.05) is 6.07 Å². The zero-order valence-corrected chi connectivity index (χ0v) is 13.8. The number of nitrogens with two attached hydrogens (primary N) is 1. The van der Waals surface area contributed by atoms with Crippen LogP contribution in [0.5, 0.6) is 0 Å². The van der Waals surface area contributed by atoms with Gasteiger partial charge in [0.1, 0.15) is 6.04 Å². The third kappa shape index (κ3) is 4.66. The Morgan fingerprint density at radius 1 is 1.43 bits per heavy atom. The van der Waals surface area contributed by atoms with Gasteiger partial charge >= 0.3 is 5.97 Å². The maximum Gasteiger partial charge on any atom is 0.320 e. The van der Waals surface area contributed by atoms with Crippen LogP contribution in [0.3, 0.4) is 0 Å². The lowest BCUT2D eigenvalue weighted by molar-refractivity contribution is -0.138. The summed E-state index contributed by atoms with van der Waals surface area (Å²) in [5.41, 5.74) is 7.57. The van der Waals surface area contributed by atoms with E-state index >= 15 is 0 Å². The van der Waals surface area contributed by atoms with E-state index in [2.05, 4.69) is 4.72 Å². The normalized spacial score (nSPS) is 17.7. The molecule has 1 atom stereocenters. The smallest absolute Gasteiger partial charge is 0.320 e. The van der Waals surface area contributed by atoms with Crippen molar-refractivity contribution >= 4 is 21.7 Å². The average Bonchev–Trinajstić information content (AvgIpc) is 2.51. The summed E-state index contributed by atoms with van der Waals surface area (Å²) in [6.07, 6.45) is 1.09. The fraction of sp³-hybridized carbons (Fsp3) is 0.533. The van der Waals surface area contributed by atoms with Gasteiger partial charge in [0.15, 0.2) is 0 Å². The fourth-order valence-corrected chi connectivity index (χ4v) is 3.95. The molecule has 1 aromatic carbocycles. The summed E-state index contributed by atoms with van der Waals surface area (Å²) in [5, 5.41) is 8.44. The summed E-state index contributed by atoms with van der Waals surface area (Å²) in [7, 11) is -3.49. The first kappa shape index (κ1) is 17.7. The standard InChI is InChI=1S/C15H22N2O5S/c1-10-2-3-12(8-11(10)9-14(16)15(18)19)17-23(20,21)13-4-6-22-7-5-13/h2-3,8,13-14,17H,4-7,9,16H2,1H3,(H,18,19)/t14-/m0/s1. The molecule has 1 saturated heterocycles. The second kappa shape index (κ2) is 7.29. The van der Waals surface area contributed by atoms with Gasteiger partial charge < -0.3 is 15.6 Å². The Hall–Kier alpha value is -1.64. The number of rotatable bonds is 6. The number of nitrogens with one attached hydrogen (secondary N) is 1.